The first-order valence-corrected chi connectivity index (χ1v) is 7.37. The van der Waals surface area contributed by atoms with Crippen molar-refractivity contribution in [3.05, 3.63) is 47.8 Å². The van der Waals surface area contributed by atoms with Gasteiger partial charge in [-0.3, -0.25) is 4.79 Å². The van der Waals surface area contributed by atoms with Gasteiger partial charge in [-0.15, -0.1) is 0 Å². The van der Waals surface area contributed by atoms with Crippen LogP contribution < -0.4 is 0 Å². The number of halogens is 1. The summed E-state index contributed by atoms with van der Waals surface area (Å²) in [6.45, 7) is 5.98. The van der Waals surface area contributed by atoms with Gasteiger partial charge in [0.25, 0.3) is 0 Å². The maximum Gasteiger partial charge on any atom is 0.169 e. The second-order valence-electron chi connectivity index (χ2n) is 5.94. The predicted molar refractivity (Wildman–Crippen MR) is 80.9 cm³/mol. The van der Waals surface area contributed by atoms with Gasteiger partial charge < -0.3 is 4.74 Å². The van der Waals surface area contributed by atoms with Crippen LogP contribution in [-0.2, 0) is 4.74 Å². The van der Waals surface area contributed by atoms with Crippen molar-refractivity contribution in [2.24, 2.45) is 11.8 Å². The van der Waals surface area contributed by atoms with Crippen molar-refractivity contribution in [3.63, 3.8) is 0 Å². The highest BCUT2D eigenvalue weighted by Crippen LogP contribution is 2.36. The monoisotopic (exact) mass is 286 g/mol. The van der Waals surface area contributed by atoms with Crippen molar-refractivity contribution in [2.75, 3.05) is 0 Å². The zero-order valence-electron chi connectivity index (χ0n) is 12.5. The van der Waals surface area contributed by atoms with E-state index in [1.165, 1.54) is 6.07 Å². The molecule has 1 aliphatic heterocycles. The van der Waals surface area contributed by atoms with Crippen molar-refractivity contribution >= 4 is 16.6 Å². The minimum Gasteiger partial charge on any atom is -0.374 e. The summed E-state index contributed by atoms with van der Waals surface area (Å²) >= 11 is 0. The summed E-state index contributed by atoms with van der Waals surface area (Å²) in [5, 5.41) is 1.18. The van der Waals surface area contributed by atoms with Crippen molar-refractivity contribution in [2.45, 2.75) is 33.0 Å². The second kappa shape index (κ2) is 5.23. The number of rotatable bonds is 2. The van der Waals surface area contributed by atoms with E-state index in [-0.39, 0.29) is 35.6 Å². The van der Waals surface area contributed by atoms with E-state index >= 15 is 0 Å². The zero-order valence-corrected chi connectivity index (χ0v) is 12.5. The van der Waals surface area contributed by atoms with Gasteiger partial charge in [-0.05, 0) is 37.3 Å². The average molecular weight is 286 g/mol. The topological polar surface area (TPSA) is 26.3 Å². The first kappa shape index (κ1) is 14.2. The molecule has 3 rings (SSSR count). The zero-order chi connectivity index (χ0) is 15.1. The van der Waals surface area contributed by atoms with Gasteiger partial charge in [-0.25, -0.2) is 4.39 Å². The fraction of sp³-hybridized carbons (Fsp3) is 0.389. The maximum absolute atomic E-state index is 13.9. The average Bonchev–Trinajstić information content (AvgIpc) is 2.72. The van der Waals surface area contributed by atoms with Gasteiger partial charge in [0.15, 0.2) is 5.78 Å². The molecule has 2 aromatic carbocycles. The lowest BCUT2D eigenvalue weighted by atomic mass is 9.82. The Kier molecular flexibility index (Phi) is 3.54. The quantitative estimate of drug-likeness (QED) is 0.773. The second-order valence-corrected chi connectivity index (χ2v) is 5.94. The number of ketones is 1. The van der Waals surface area contributed by atoms with E-state index < -0.39 is 0 Å². The highest BCUT2D eigenvalue weighted by Gasteiger charge is 2.42. The Morgan fingerprint density at radius 1 is 1.00 bits per heavy atom. The molecule has 0 amide bonds. The van der Waals surface area contributed by atoms with E-state index in [1.807, 2.05) is 26.8 Å². The lowest BCUT2D eigenvalue weighted by molar-refractivity contribution is 0.0491. The molecule has 2 nitrogen and oxygen atoms in total. The molecule has 1 fully saturated rings. The standard InChI is InChI=1S/C18H19FO2/c1-10-11(2)21-12(3)17(10)18(20)15-8-9-16(19)14-7-5-4-6-13(14)15/h4-12,17H,1-3H3. The fourth-order valence-corrected chi connectivity index (χ4v) is 3.38. The van der Waals surface area contributed by atoms with E-state index in [1.54, 1.807) is 24.3 Å². The van der Waals surface area contributed by atoms with Gasteiger partial charge in [0.1, 0.15) is 5.82 Å². The number of carbonyl (C=O) groups excluding carboxylic acids is 1. The van der Waals surface area contributed by atoms with E-state index in [4.69, 9.17) is 4.74 Å². The highest BCUT2D eigenvalue weighted by atomic mass is 19.1. The van der Waals surface area contributed by atoms with Crippen LogP contribution in [0.25, 0.3) is 10.8 Å². The van der Waals surface area contributed by atoms with Crippen LogP contribution in [0.15, 0.2) is 36.4 Å². The van der Waals surface area contributed by atoms with E-state index in [0.29, 0.717) is 16.3 Å². The van der Waals surface area contributed by atoms with E-state index in [0.717, 1.165) is 0 Å². The van der Waals surface area contributed by atoms with Gasteiger partial charge in [0, 0.05) is 10.9 Å². The molecule has 1 heterocycles. The number of hydrogen-bond acceptors (Lipinski definition) is 2. The normalized spacial score (nSPS) is 29.0. The fourth-order valence-electron chi connectivity index (χ4n) is 3.38. The first-order valence-electron chi connectivity index (χ1n) is 7.37. The highest BCUT2D eigenvalue weighted by molar-refractivity contribution is 6.09. The molecule has 4 atom stereocenters. The molecule has 0 aliphatic carbocycles. The molecule has 0 spiro atoms. The molecule has 2 aromatic rings. The van der Waals surface area contributed by atoms with Gasteiger partial charge in [0.05, 0.1) is 18.1 Å². The summed E-state index contributed by atoms with van der Waals surface area (Å²) < 4.78 is 19.7. The molecular formula is C18H19FO2. The summed E-state index contributed by atoms with van der Waals surface area (Å²) in [4.78, 5) is 12.9. The van der Waals surface area contributed by atoms with Crippen LogP contribution in [0.2, 0.25) is 0 Å². The number of benzene rings is 2. The molecule has 0 aromatic heterocycles. The Morgan fingerprint density at radius 2 is 1.67 bits per heavy atom. The van der Waals surface area contributed by atoms with Gasteiger partial charge in [-0.1, -0.05) is 31.2 Å². The van der Waals surface area contributed by atoms with Crippen LogP contribution >= 0.6 is 0 Å². The third kappa shape index (κ3) is 2.26. The molecule has 0 radical (unpaired) electrons. The molecule has 0 N–H and O–H groups in total. The number of fused-ring (bicyclic) bond motifs is 1. The third-order valence-electron chi connectivity index (χ3n) is 4.68. The molecule has 1 aliphatic rings. The minimum absolute atomic E-state index is 0.0514. The third-order valence-corrected chi connectivity index (χ3v) is 4.68. The van der Waals surface area contributed by atoms with Crippen LogP contribution in [0, 0.1) is 17.7 Å². The molecule has 21 heavy (non-hydrogen) atoms. The molecule has 0 bridgehead atoms. The maximum atomic E-state index is 13.9. The van der Waals surface area contributed by atoms with E-state index in [2.05, 4.69) is 0 Å². The van der Waals surface area contributed by atoms with Crippen LogP contribution in [0.4, 0.5) is 4.39 Å². The Morgan fingerprint density at radius 3 is 2.29 bits per heavy atom. The van der Waals surface area contributed by atoms with Crippen molar-refractivity contribution in [3.8, 4) is 0 Å². The summed E-state index contributed by atoms with van der Waals surface area (Å²) in [5.74, 6) is -0.250. The number of ether oxygens (including phenoxy) is 1. The smallest absolute Gasteiger partial charge is 0.169 e. The van der Waals surface area contributed by atoms with Crippen LogP contribution in [-0.4, -0.2) is 18.0 Å². The van der Waals surface area contributed by atoms with Gasteiger partial charge in [0.2, 0.25) is 0 Å². The van der Waals surface area contributed by atoms with Gasteiger partial charge in [-0.2, -0.15) is 0 Å². The van der Waals surface area contributed by atoms with Crippen LogP contribution in [0.1, 0.15) is 31.1 Å². The summed E-state index contributed by atoms with van der Waals surface area (Å²) in [6, 6.07) is 10.1. The Labute approximate surface area is 123 Å². The minimum atomic E-state index is -0.292. The lowest BCUT2D eigenvalue weighted by Crippen LogP contribution is -2.27. The molecule has 1 saturated heterocycles. The van der Waals surface area contributed by atoms with Crippen molar-refractivity contribution in [1.82, 2.24) is 0 Å². The molecule has 110 valence electrons. The SMILES string of the molecule is CC1OC(C)C(C(=O)c2ccc(F)c3ccccc23)C1C. The summed E-state index contributed by atoms with van der Waals surface area (Å²) in [5.41, 5.74) is 0.591. The van der Waals surface area contributed by atoms with Crippen molar-refractivity contribution in [1.29, 1.82) is 0 Å². The Hall–Kier alpha value is -1.74. The molecular weight excluding hydrogens is 267 g/mol. The molecule has 4 unspecified atom stereocenters. The summed E-state index contributed by atoms with van der Waals surface area (Å²) in [6.07, 6.45) is -0.0352. The van der Waals surface area contributed by atoms with Crippen LogP contribution in [0.3, 0.4) is 0 Å². The lowest BCUT2D eigenvalue weighted by Gasteiger charge is -2.18. The first-order chi connectivity index (χ1) is 10.0. The predicted octanol–water partition coefficient (Wildman–Crippen LogP) is 4.22. The van der Waals surface area contributed by atoms with E-state index in [9.17, 15) is 9.18 Å². The molecule has 3 heteroatoms. The van der Waals surface area contributed by atoms with Crippen LogP contribution in [0.5, 0.6) is 0 Å². The molecule has 0 saturated carbocycles. The van der Waals surface area contributed by atoms with Gasteiger partial charge >= 0.3 is 0 Å². The Bertz CT molecular complexity index is 695. The number of carbonyl (C=O) groups is 1. The largest absolute Gasteiger partial charge is 0.374 e. The van der Waals surface area contributed by atoms with Crippen molar-refractivity contribution < 1.29 is 13.9 Å². The Balaban J connectivity index is 2.09. The summed E-state index contributed by atoms with van der Waals surface area (Å²) in [7, 11) is 0. The number of hydrogen-bond donors (Lipinski definition) is 0. The number of Topliss-reactive ketones (excluding diaryl/α,β-unsaturated/α-hetero) is 1.